The highest BCUT2D eigenvalue weighted by Gasteiger charge is 2.14. The molecule has 21 heavy (non-hydrogen) atoms. The number of halogens is 1. The fourth-order valence-electron chi connectivity index (χ4n) is 2.22. The van der Waals surface area contributed by atoms with Crippen LogP contribution in [-0.2, 0) is 0 Å². The second-order valence-corrected chi connectivity index (χ2v) is 5.01. The molecule has 0 radical (unpaired) electrons. The molecular weight excluding hydrogens is 269 g/mol. The zero-order valence-corrected chi connectivity index (χ0v) is 12.1. The Kier molecular flexibility index (Phi) is 4.25. The van der Waals surface area contributed by atoms with Crippen LogP contribution in [0.25, 0.3) is 0 Å². The van der Waals surface area contributed by atoms with Crippen molar-refractivity contribution in [3.05, 3.63) is 58.4 Å². The van der Waals surface area contributed by atoms with Gasteiger partial charge in [0.2, 0.25) is 0 Å². The number of ether oxygens (including phenoxy) is 1. The summed E-state index contributed by atoms with van der Waals surface area (Å²) in [5, 5.41) is 18.7. The predicted molar refractivity (Wildman–Crippen MR) is 77.7 cm³/mol. The van der Waals surface area contributed by atoms with Gasteiger partial charge in [0.25, 0.3) is 0 Å². The second kappa shape index (κ2) is 5.94. The molecular formula is C17H16FNO2. The average molecular weight is 285 g/mol. The fraction of sp³-hybridized carbons (Fsp3) is 0.235. The molecule has 0 saturated carbocycles. The molecule has 0 aromatic heterocycles. The first-order chi connectivity index (χ1) is 9.92. The van der Waals surface area contributed by atoms with Gasteiger partial charge in [-0.3, -0.25) is 0 Å². The van der Waals surface area contributed by atoms with E-state index < -0.39 is 11.9 Å². The van der Waals surface area contributed by atoms with Gasteiger partial charge in [-0.15, -0.1) is 0 Å². The first-order valence-corrected chi connectivity index (χ1v) is 6.59. The fourth-order valence-corrected chi connectivity index (χ4v) is 2.22. The molecule has 2 aromatic carbocycles. The Morgan fingerprint density at radius 1 is 1.19 bits per heavy atom. The summed E-state index contributed by atoms with van der Waals surface area (Å²) in [6, 6.07) is 9.59. The van der Waals surface area contributed by atoms with Crippen LogP contribution in [0.15, 0.2) is 30.3 Å². The highest BCUT2D eigenvalue weighted by atomic mass is 19.1. The van der Waals surface area contributed by atoms with Crippen LogP contribution in [0.5, 0.6) is 11.5 Å². The Morgan fingerprint density at radius 2 is 1.81 bits per heavy atom. The molecule has 0 fully saturated rings. The van der Waals surface area contributed by atoms with E-state index in [1.54, 1.807) is 19.1 Å². The zero-order chi connectivity index (χ0) is 15.6. The Bertz CT molecular complexity index is 694. The molecule has 0 bridgehead atoms. The molecule has 1 atom stereocenters. The van der Waals surface area contributed by atoms with Crippen LogP contribution in [0.3, 0.4) is 0 Å². The lowest BCUT2D eigenvalue weighted by Gasteiger charge is -2.16. The maximum absolute atomic E-state index is 13.3. The van der Waals surface area contributed by atoms with Crippen LogP contribution in [0.4, 0.5) is 4.39 Å². The summed E-state index contributed by atoms with van der Waals surface area (Å²) >= 11 is 0. The van der Waals surface area contributed by atoms with E-state index in [1.165, 1.54) is 18.2 Å². The summed E-state index contributed by atoms with van der Waals surface area (Å²) in [6.45, 7) is 5.24. The summed E-state index contributed by atoms with van der Waals surface area (Å²) in [7, 11) is 0. The van der Waals surface area contributed by atoms with Gasteiger partial charge in [0.15, 0.2) is 0 Å². The maximum atomic E-state index is 13.3. The minimum absolute atomic E-state index is 0.387. The normalized spacial score (nSPS) is 11.8. The molecule has 4 heteroatoms. The number of aliphatic hydroxyl groups excluding tert-OH is 1. The van der Waals surface area contributed by atoms with Gasteiger partial charge >= 0.3 is 0 Å². The molecule has 0 heterocycles. The quantitative estimate of drug-likeness (QED) is 0.921. The molecule has 2 rings (SSSR count). The molecule has 0 aliphatic rings. The van der Waals surface area contributed by atoms with E-state index in [0.29, 0.717) is 22.6 Å². The van der Waals surface area contributed by atoms with E-state index in [9.17, 15) is 9.50 Å². The average Bonchev–Trinajstić information content (AvgIpc) is 2.43. The van der Waals surface area contributed by atoms with Gasteiger partial charge < -0.3 is 9.84 Å². The Hall–Kier alpha value is -2.38. The third-order valence-electron chi connectivity index (χ3n) is 3.22. The van der Waals surface area contributed by atoms with E-state index >= 15 is 0 Å². The van der Waals surface area contributed by atoms with Crippen LogP contribution >= 0.6 is 0 Å². The maximum Gasteiger partial charge on any atom is 0.133 e. The molecule has 1 unspecified atom stereocenters. The van der Waals surface area contributed by atoms with E-state index in [0.717, 1.165) is 11.1 Å². The topological polar surface area (TPSA) is 53.2 Å². The van der Waals surface area contributed by atoms with E-state index in [-0.39, 0.29) is 0 Å². The summed E-state index contributed by atoms with van der Waals surface area (Å²) in [5.41, 5.74) is 2.57. The number of nitriles is 1. The Morgan fingerprint density at radius 3 is 2.33 bits per heavy atom. The van der Waals surface area contributed by atoms with Crippen molar-refractivity contribution in [2.24, 2.45) is 0 Å². The number of aliphatic hydroxyl groups is 1. The van der Waals surface area contributed by atoms with Crippen LogP contribution in [-0.4, -0.2) is 5.11 Å². The smallest absolute Gasteiger partial charge is 0.133 e. The molecule has 0 aliphatic heterocycles. The van der Waals surface area contributed by atoms with Crippen LogP contribution < -0.4 is 4.74 Å². The largest absolute Gasteiger partial charge is 0.456 e. The van der Waals surface area contributed by atoms with Gasteiger partial charge in [-0.1, -0.05) is 0 Å². The predicted octanol–water partition coefficient (Wildman–Crippen LogP) is 4.16. The van der Waals surface area contributed by atoms with Crippen molar-refractivity contribution in [3.8, 4) is 17.6 Å². The van der Waals surface area contributed by atoms with Crippen LogP contribution in [0.1, 0.15) is 35.3 Å². The number of aryl methyl sites for hydroxylation is 2. The van der Waals surface area contributed by atoms with Crippen LogP contribution in [0, 0.1) is 31.0 Å². The summed E-state index contributed by atoms with van der Waals surface area (Å²) in [4.78, 5) is 0. The van der Waals surface area contributed by atoms with Gasteiger partial charge in [0, 0.05) is 5.56 Å². The van der Waals surface area contributed by atoms with E-state index in [1.807, 2.05) is 13.8 Å². The lowest BCUT2D eigenvalue weighted by molar-refractivity contribution is 0.195. The minimum Gasteiger partial charge on any atom is -0.456 e. The van der Waals surface area contributed by atoms with Crippen molar-refractivity contribution < 1.29 is 14.2 Å². The number of hydrogen-bond acceptors (Lipinski definition) is 3. The Labute approximate surface area is 123 Å². The molecule has 0 amide bonds. The van der Waals surface area contributed by atoms with Crippen molar-refractivity contribution in [2.45, 2.75) is 26.9 Å². The number of benzene rings is 2. The van der Waals surface area contributed by atoms with Crippen LogP contribution in [0.2, 0.25) is 0 Å². The minimum atomic E-state index is -0.838. The third kappa shape index (κ3) is 3.21. The van der Waals surface area contributed by atoms with Crippen molar-refractivity contribution in [3.63, 3.8) is 0 Å². The van der Waals surface area contributed by atoms with Gasteiger partial charge in [0.1, 0.15) is 17.3 Å². The molecule has 108 valence electrons. The lowest BCUT2D eigenvalue weighted by atomic mass is 10.1. The second-order valence-electron chi connectivity index (χ2n) is 5.01. The standard InChI is InChI=1S/C17H16FNO2/c1-10-6-13(9-19)7-11(2)17(10)21-16-5-4-14(18)8-15(16)12(3)20/h4-8,12,20H,1-3H3. The van der Waals surface area contributed by atoms with Gasteiger partial charge in [-0.25, -0.2) is 4.39 Å². The highest BCUT2D eigenvalue weighted by molar-refractivity contribution is 5.50. The van der Waals surface area contributed by atoms with Gasteiger partial charge in [-0.05, 0) is 62.2 Å². The molecule has 1 N–H and O–H groups in total. The molecule has 2 aromatic rings. The summed E-state index contributed by atoms with van der Waals surface area (Å²) in [6.07, 6.45) is -0.838. The lowest BCUT2D eigenvalue weighted by Crippen LogP contribution is -1.99. The van der Waals surface area contributed by atoms with Crippen molar-refractivity contribution in [1.82, 2.24) is 0 Å². The molecule has 0 saturated heterocycles. The first kappa shape index (κ1) is 15.0. The monoisotopic (exact) mass is 285 g/mol. The van der Waals surface area contributed by atoms with Gasteiger partial charge in [0.05, 0.1) is 17.7 Å². The zero-order valence-electron chi connectivity index (χ0n) is 12.1. The SMILES string of the molecule is Cc1cc(C#N)cc(C)c1Oc1ccc(F)cc1C(C)O. The highest BCUT2D eigenvalue weighted by Crippen LogP contribution is 2.34. The van der Waals surface area contributed by atoms with E-state index in [2.05, 4.69) is 6.07 Å². The number of nitrogens with zero attached hydrogens (tertiary/aromatic N) is 1. The van der Waals surface area contributed by atoms with Crippen molar-refractivity contribution >= 4 is 0 Å². The summed E-state index contributed by atoms with van der Waals surface area (Å²) in [5.74, 6) is 0.594. The van der Waals surface area contributed by atoms with Crippen molar-refractivity contribution in [1.29, 1.82) is 5.26 Å². The number of hydrogen-bond donors (Lipinski definition) is 1. The number of rotatable bonds is 3. The molecule has 3 nitrogen and oxygen atoms in total. The molecule has 0 spiro atoms. The van der Waals surface area contributed by atoms with E-state index in [4.69, 9.17) is 10.00 Å². The van der Waals surface area contributed by atoms with Gasteiger partial charge in [-0.2, -0.15) is 5.26 Å². The van der Waals surface area contributed by atoms with Crippen molar-refractivity contribution in [2.75, 3.05) is 0 Å². The third-order valence-corrected chi connectivity index (χ3v) is 3.22. The molecule has 0 aliphatic carbocycles. The summed E-state index contributed by atoms with van der Waals surface area (Å²) < 4.78 is 19.2. The first-order valence-electron chi connectivity index (χ1n) is 6.59. The Balaban J connectivity index is 2.46.